The van der Waals surface area contributed by atoms with Gasteiger partial charge in [-0.25, -0.2) is 4.98 Å². The number of hydrogen-bond donors (Lipinski definition) is 1. The third-order valence-corrected chi connectivity index (χ3v) is 4.38. The minimum absolute atomic E-state index is 0.635. The van der Waals surface area contributed by atoms with Crippen LogP contribution in [0.3, 0.4) is 0 Å². The fourth-order valence-electron chi connectivity index (χ4n) is 2.01. The lowest BCUT2D eigenvalue weighted by molar-refractivity contribution is 1.04. The molecule has 3 aromatic rings. The van der Waals surface area contributed by atoms with Crippen LogP contribution in [0.15, 0.2) is 39.4 Å². The zero-order valence-corrected chi connectivity index (χ0v) is 13.9. The highest BCUT2D eigenvalue weighted by Gasteiger charge is 2.12. The number of nitrogens with zero attached hydrogens (tertiary/aromatic N) is 2. The molecule has 0 unspecified atom stereocenters. The Kier molecular flexibility index (Phi) is 3.32. The van der Waals surface area contributed by atoms with Crippen LogP contribution in [0.5, 0.6) is 0 Å². The maximum absolute atomic E-state index is 5.43. The van der Waals surface area contributed by atoms with Crippen LogP contribution in [0.1, 0.15) is 5.56 Å². The minimum Gasteiger partial charge on any atom is -0.329 e. The number of nitrogens with one attached hydrogen (secondary N) is 1. The third-order valence-electron chi connectivity index (χ3n) is 2.94. The van der Waals surface area contributed by atoms with E-state index in [4.69, 9.17) is 12.2 Å². The second kappa shape index (κ2) is 4.85. The summed E-state index contributed by atoms with van der Waals surface area (Å²) in [6, 6.07) is 7.94. The summed E-state index contributed by atoms with van der Waals surface area (Å²) in [5.74, 6) is 0. The molecule has 1 aromatic carbocycles. The lowest BCUT2D eigenvalue weighted by atomic mass is 10.2. The number of imidazole rings is 1. The molecule has 0 aliphatic heterocycles. The molecule has 0 fully saturated rings. The summed E-state index contributed by atoms with van der Waals surface area (Å²) in [6.07, 6.45) is 1.79. The Hall–Kier alpha value is -0.980. The molecule has 0 aliphatic carbocycles. The number of H-pyrrole nitrogens is 1. The zero-order valence-electron chi connectivity index (χ0n) is 9.95. The van der Waals surface area contributed by atoms with E-state index in [0.717, 1.165) is 31.4 Å². The molecule has 1 N–H and O–H groups in total. The van der Waals surface area contributed by atoms with Gasteiger partial charge in [0.1, 0.15) is 0 Å². The Balaban J connectivity index is 2.43. The number of aromatic amines is 1. The van der Waals surface area contributed by atoms with Gasteiger partial charge in [0, 0.05) is 15.1 Å². The van der Waals surface area contributed by atoms with Crippen molar-refractivity contribution in [2.24, 2.45) is 0 Å². The van der Waals surface area contributed by atoms with Crippen molar-refractivity contribution in [3.05, 3.63) is 49.7 Å². The lowest BCUT2D eigenvalue weighted by Crippen LogP contribution is -1.97. The quantitative estimate of drug-likeness (QED) is 0.590. The van der Waals surface area contributed by atoms with Gasteiger partial charge >= 0.3 is 0 Å². The predicted octanol–water partition coefficient (Wildman–Crippen LogP) is 4.92. The van der Waals surface area contributed by atoms with Gasteiger partial charge in [-0.15, -0.1) is 0 Å². The van der Waals surface area contributed by atoms with Gasteiger partial charge in [0.05, 0.1) is 11.2 Å². The summed E-state index contributed by atoms with van der Waals surface area (Å²) < 4.78 is 4.54. The molecule has 2 heterocycles. The molecule has 96 valence electrons. The van der Waals surface area contributed by atoms with Crippen molar-refractivity contribution >= 4 is 55.2 Å². The molecule has 0 saturated heterocycles. The largest absolute Gasteiger partial charge is 0.329 e. The Bertz CT molecular complexity index is 836. The minimum atomic E-state index is 0.635. The van der Waals surface area contributed by atoms with Crippen LogP contribution < -0.4 is 0 Å². The molecular formula is C13H9Br2N3S. The van der Waals surface area contributed by atoms with Gasteiger partial charge in [-0.3, -0.25) is 4.57 Å². The molecule has 3 nitrogen and oxygen atoms in total. The molecule has 0 spiro atoms. The summed E-state index contributed by atoms with van der Waals surface area (Å²) in [4.78, 5) is 7.66. The van der Waals surface area contributed by atoms with E-state index in [1.807, 2.05) is 35.8 Å². The molecule has 0 atom stereocenters. The first-order chi connectivity index (χ1) is 9.08. The van der Waals surface area contributed by atoms with Crippen molar-refractivity contribution in [1.29, 1.82) is 0 Å². The number of benzene rings is 1. The van der Waals surface area contributed by atoms with E-state index in [0.29, 0.717) is 4.77 Å². The van der Waals surface area contributed by atoms with Gasteiger partial charge in [-0.2, -0.15) is 0 Å². The summed E-state index contributed by atoms with van der Waals surface area (Å²) in [6.45, 7) is 2.04. The van der Waals surface area contributed by atoms with Crippen LogP contribution in [0.4, 0.5) is 0 Å². The van der Waals surface area contributed by atoms with E-state index >= 15 is 0 Å². The topological polar surface area (TPSA) is 33.6 Å². The zero-order chi connectivity index (χ0) is 13.6. The first-order valence-electron chi connectivity index (χ1n) is 5.59. The van der Waals surface area contributed by atoms with E-state index in [1.165, 1.54) is 0 Å². The van der Waals surface area contributed by atoms with E-state index in [1.54, 1.807) is 6.20 Å². The van der Waals surface area contributed by atoms with Crippen molar-refractivity contribution in [1.82, 2.24) is 14.5 Å². The van der Waals surface area contributed by atoms with Gasteiger partial charge in [-0.05, 0) is 64.9 Å². The summed E-state index contributed by atoms with van der Waals surface area (Å²) in [5.41, 5.74) is 3.90. The van der Waals surface area contributed by atoms with Gasteiger partial charge < -0.3 is 4.98 Å². The Morgan fingerprint density at radius 1 is 1.26 bits per heavy atom. The normalized spacial score (nSPS) is 11.1. The van der Waals surface area contributed by atoms with E-state index in [9.17, 15) is 0 Å². The second-order valence-corrected chi connectivity index (χ2v) is 6.34. The standard InChI is InChI=1S/C13H9Br2N3S/c1-7-4-5-16-12-11(7)17-13(19)18(12)10-6-8(14)2-3-9(10)15/h2-6H,1H3,(H,17,19). The molecule has 6 heteroatoms. The maximum Gasteiger partial charge on any atom is 0.184 e. The molecule has 2 aromatic heterocycles. The predicted molar refractivity (Wildman–Crippen MR) is 86.4 cm³/mol. The van der Waals surface area contributed by atoms with Gasteiger partial charge in [-0.1, -0.05) is 15.9 Å². The Labute approximate surface area is 131 Å². The van der Waals surface area contributed by atoms with Crippen molar-refractivity contribution in [2.75, 3.05) is 0 Å². The summed E-state index contributed by atoms with van der Waals surface area (Å²) in [5, 5.41) is 0. The van der Waals surface area contributed by atoms with Crippen LogP contribution in [-0.4, -0.2) is 14.5 Å². The second-order valence-electron chi connectivity index (χ2n) is 4.19. The first-order valence-corrected chi connectivity index (χ1v) is 7.59. The number of aromatic nitrogens is 3. The van der Waals surface area contributed by atoms with Gasteiger partial charge in [0.15, 0.2) is 10.4 Å². The number of hydrogen-bond acceptors (Lipinski definition) is 2. The highest BCUT2D eigenvalue weighted by Crippen LogP contribution is 2.28. The molecule has 0 saturated carbocycles. The van der Waals surface area contributed by atoms with Crippen molar-refractivity contribution in [3.8, 4) is 5.69 Å². The SMILES string of the molecule is Cc1ccnc2c1[nH]c(=S)n2-c1cc(Br)ccc1Br. The fourth-order valence-corrected chi connectivity index (χ4v) is 3.07. The Morgan fingerprint density at radius 2 is 2.05 bits per heavy atom. The van der Waals surface area contributed by atoms with Crippen LogP contribution in [0.25, 0.3) is 16.9 Å². The Morgan fingerprint density at radius 3 is 2.84 bits per heavy atom. The molecule has 3 rings (SSSR count). The van der Waals surface area contributed by atoms with Gasteiger partial charge in [0.2, 0.25) is 0 Å². The van der Waals surface area contributed by atoms with E-state index in [-0.39, 0.29) is 0 Å². The highest BCUT2D eigenvalue weighted by molar-refractivity contribution is 9.11. The average Bonchev–Trinajstić information content (AvgIpc) is 2.70. The lowest BCUT2D eigenvalue weighted by Gasteiger charge is -2.07. The van der Waals surface area contributed by atoms with Gasteiger partial charge in [0.25, 0.3) is 0 Å². The molecular weight excluding hydrogens is 390 g/mol. The van der Waals surface area contributed by atoms with Crippen LogP contribution in [0, 0.1) is 11.7 Å². The number of fused-ring (bicyclic) bond motifs is 1. The average molecular weight is 399 g/mol. The van der Waals surface area contributed by atoms with Crippen LogP contribution in [-0.2, 0) is 0 Å². The van der Waals surface area contributed by atoms with Crippen LogP contribution >= 0.6 is 44.1 Å². The summed E-state index contributed by atoms with van der Waals surface area (Å²) in [7, 11) is 0. The third kappa shape index (κ3) is 2.17. The fraction of sp³-hybridized carbons (Fsp3) is 0.0769. The smallest absolute Gasteiger partial charge is 0.184 e. The summed E-state index contributed by atoms with van der Waals surface area (Å²) >= 11 is 12.5. The molecule has 0 bridgehead atoms. The maximum atomic E-state index is 5.43. The monoisotopic (exact) mass is 397 g/mol. The van der Waals surface area contributed by atoms with Crippen molar-refractivity contribution in [3.63, 3.8) is 0 Å². The van der Waals surface area contributed by atoms with Crippen molar-refractivity contribution in [2.45, 2.75) is 6.92 Å². The van der Waals surface area contributed by atoms with E-state index < -0.39 is 0 Å². The highest BCUT2D eigenvalue weighted by atomic mass is 79.9. The number of rotatable bonds is 1. The molecule has 0 aliphatic rings. The first kappa shape index (κ1) is 13.0. The molecule has 0 amide bonds. The number of halogens is 2. The number of pyridine rings is 1. The molecule has 19 heavy (non-hydrogen) atoms. The number of aryl methyl sites for hydroxylation is 1. The van der Waals surface area contributed by atoms with Crippen molar-refractivity contribution < 1.29 is 0 Å². The molecule has 0 radical (unpaired) electrons. The van der Waals surface area contributed by atoms with E-state index in [2.05, 4.69) is 41.8 Å². The van der Waals surface area contributed by atoms with Crippen LogP contribution in [0.2, 0.25) is 0 Å².